The molecule has 2 aromatic rings. The quantitative estimate of drug-likeness (QED) is 0.850. The Kier molecular flexibility index (Phi) is 4.69. The summed E-state index contributed by atoms with van der Waals surface area (Å²) in [5.41, 5.74) is 3.07. The monoisotopic (exact) mass is 313 g/mol. The number of aromatic nitrogens is 4. The van der Waals surface area contributed by atoms with Crippen LogP contribution in [0.2, 0.25) is 0 Å². The lowest BCUT2D eigenvalue weighted by Crippen LogP contribution is -2.31. The fraction of sp³-hybridized carbons (Fsp3) is 0.529. The lowest BCUT2D eigenvalue weighted by atomic mass is 10.1. The van der Waals surface area contributed by atoms with Gasteiger partial charge in [0.05, 0.1) is 23.6 Å². The minimum atomic E-state index is 0.0879. The Morgan fingerprint density at radius 2 is 2.22 bits per heavy atom. The fourth-order valence-electron chi connectivity index (χ4n) is 3.28. The Bertz CT molecular complexity index is 667. The molecule has 0 aromatic carbocycles. The summed E-state index contributed by atoms with van der Waals surface area (Å²) in [6.45, 7) is 5.64. The Morgan fingerprint density at radius 3 is 2.91 bits per heavy atom. The van der Waals surface area contributed by atoms with E-state index in [9.17, 15) is 4.79 Å². The van der Waals surface area contributed by atoms with Crippen LogP contribution < -0.4 is 0 Å². The van der Waals surface area contributed by atoms with Crippen LogP contribution >= 0.6 is 0 Å². The number of rotatable bonds is 5. The van der Waals surface area contributed by atoms with Gasteiger partial charge in [-0.2, -0.15) is 5.10 Å². The van der Waals surface area contributed by atoms with Gasteiger partial charge in [-0.25, -0.2) is 0 Å². The minimum Gasteiger partial charge on any atom is -0.334 e. The maximum atomic E-state index is 12.6. The second kappa shape index (κ2) is 6.89. The van der Waals surface area contributed by atoms with E-state index in [0.717, 1.165) is 49.4 Å². The molecule has 6 nitrogen and oxygen atoms in total. The van der Waals surface area contributed by atoms with Crippen molar-refractivity contribution in [1.82, 2.24) is 24.6 Å². The summed E-state index contributed by atoms with van der Waals surface area (Å²) in [4.78, 5) is 23.0. The average molecular weight is 313 g/mol. The van der Waals surface area contributed by atoms with Gasteiger partial charge in [-0.05, 0) is 39.2 Å². The van der Waals surface area contributed by atoms with E-state index in [2.05, 4.69) is 21.1 Å². The zero-order valence-electron chi connectivity index (χ0n) is 13.8. The van der Waals surface area contributed by atoms with E-state index >= 15 is 0 Å². The highest BCUT2D eigenvalue weighted by atomic mass is 16.2. The van der Waals surface area contributed by atoms with Gasteiger partial charge in [-0.3, -0.25) is 19.4 Å². The van der Waals surface area contributed by atoms with Crippen molar-refractivity contribution in [2.45, 2.75) is 52.1 Å². The van der Waals surface area contributed by atoms with Crippen LogP contribution in [0.4, 0.5) is 0 Å². The maximum absolute atomic E-state index is 12.6. The fourth-order valence-corrected chi connectivity index (χ4v) is 3.28. The molecule has 3 heterocycles. The maximum Gasteiger partial charge on any atom is 0.223 e. The Morgan fingerprint density at radius 1 is 1.35 bits per heavy atom. The molecule has 0 saturated carbocycles. The van der Waals surface area contributed by atoms with Gasteiger partial charge in [0, 0.05) is 37.6 Å². The first kappa shape index (κ1) is 15.6. The molecule has 0 radical (unpaired) electrons. The molecule has 0 unspecified atom stereocenters. The third-order valence-corrected chi connectivity index (χ3v) is 4.36. The van der Waals surface area contributed by atoms with E-state index in [0.29, 0.717) is 6.42 Å². The summed E-state index contributed by atoms with van der Waals surface area (Å²) in [6, 6.07) is 2.15. The summed E-state index contributed by atoms with van der Waals surface area (Å²) in [5, 5.41) is 4.44. The van der Waals surface area contributed by atoms with Gasteiger partial charge in [-0.15, -0.1) is 0 Å². The van der Waals surface area contributed by atoms with Gasteiger partial charge >= 0.3 is 0 Å². The van der Waals surface area contributed by atoms with Crippen LogP contribution in [0.25, 0.3) is 0 Å². The van der Waals surface area contributed by atoms with Crippen LogP contribution in [0.15, 0.2) is 24.7 Å². The van der Waals surface area contributed by atoms with Crippen molar-refractivity contribution >= 4 is 5.91 Å². The van der Waals surface area contributed by atoms with Crippen molar-refractivity contribution in [3.05, 3.63) is 41.7 Å². The van der Waals surface area contributed by atoms with E-state index in [1.807, 2.05) is 23.4 Å². The van der Waals surface area contributed by atoms with E-state index in [-0.39, 0.29) is 11.9 Å². The number of nitrogens with zero attached hydrogens (tertiary/aromatic N) is 5. The first-order valence-electron chi connectivity index (χ1n) is 8.21. The number of likely N-dealkylation sites (tertiary alicyclic amines) is 1. The molecule has 23 heavy (non-hydrogen) atoms. The highest BCUT2D eigenvalue weighted by molar-refractivity contribution is 5.76. The topological polar surface area (TPSA) is 63.9 Å². The van der Waals surface area contributed by atoms with Gasteiger partial charge < -0.3 is 4.90 Å². The van der Waals surface area contributed by atoms with Crippen LogP contribution in [0.1, 0.15) is 48.8 Å². The highest BCUT2D eigenvalue weighted by Crippen LogP contribution is 2.30. The van der Waals surface area contributed by atoms with E-state index in [1.54, 1.807) is 18.6 Å². The normalized spacial score (nSPS) is 17.7. The zero-order chi connectivity index (χ0) is 16.2. The van der Waals surface area contributed by atoms with Crippen molar-refractivity contribution in [2.75, 3.05) is 6.54 Å². The first-order chi connectivity index (χ1) is 11.1. The van der Waals surface area contributed by atoms with Crippen LogP contribution in [0.3, 0.4) is 0 Å². The number of amides is 1. The van der Waals surface area contributed by atoms with Crippen molar-refractivity contribution in [3.63, 3.8) is 0 Å². The number of carbonyl (C=O) groups is 1. The van der Waals surface area contributed by atoms with Crippen molar-refractivity contribution in [1.29, 1.82) is 0 Å². The van der Waals surface area contributed by atoms with Crippen LogP contribution in [0, 0.1) is 13.8 Å². The predicted octanol–water partition coefficient (Wildman–Crippen LogP) is 2.43. The van der Waals surface area contributed by atoms with E-state index in [4.69, 9.17) is 0 Å². The molecule has 0 spiro atoms. The molecule has 2 aromatic heterocycles. The Balaban J connectivity index is 1.56. The summed E-state index contributed by atoms with van der Waals surface area (Å²) in [5.74, 6) is 0.208. The second-order valence-electron chi connectivity index (χ2n) is 6.13. The third kappa shape index (κ3) is 3.57. The zero-order valence-corrected chi connectivity index (χ0v) is 13.8. The smallest absolute Gasteiger partial charge is 0.223 e. The first-order valence-corrected chi connectivity index (χ1v) is 8.21. The van der Waals surface area contributed by atoms with Gasteiger partial charge in [0.2, 0.25) is 5.91 Å². The molecule has 0 aliphatic carbocycles. The molecule has 6 heteroatoms. The number of hydrogen-bond acceptors (Lipinski definition) is 4. The molecule has 1 aliphatic rings. The summed E-state index contributed by atoms with van der Waals surface area (Å²) >= 11 is 0. The standard InChI is InChI=1S/C17H23N5O/c1-13-11-14(2)22(20-13)10-4-6-17(23)21-9-3-5-16(21)15-12-18-7-8-19-15/h7-8,11-12,16H,3-6,9-10H2,1-2H3/t16-/m0/s1. The Labute approximate surface area is 136 Å². The molecule has 1 atom stereocenters. The Hall–Kier alpha value is -2.24. The minimum absolute atomic E-state index is 0.0879. The molecule has 1 amide bonds. The average Bonchev–Trinajstić information content (AvgIpc) is 3.15. The van der Waals surface area contributed by atoms with Gasteiger partial charge in [0.1, 0.15) is 0 Å². The molecule has 3 rings (SSSR count). The molecule has 122 valence electrons. The summed E-state index contributed by atoms with van der Waals surface area (Å²) in [7, 11) is 0. The number of carbonyl (C=O) groups excluding carboxylic acids is 1. The predicted molar refractivity (Wildman–Crippen MR) is 86.7 cm³/mol. The van der Waals surface area contributed by atoms with Crippen LogP contribution in [-0.4, -0.2) is 37.1 Å². The van der Waals surface area contributed by atoms with Crippen LogP contribution in [-0.2, 0) is 11.3 Å². The summed E-state index contributed by atoms with van der Waals surface area (Å²) < 4.78 is 1.98. The van der Waals surface area contributed by atoms with Gasteiger partial charge in [0.15, 0.2) is 0 Å². The SMILES string of the molecule is Cc1cc(C)n(CCCC(=O)N2CCC[C@H]2c2cnccn2)n1. The number of hydrogen-bond donors (Lipinski definition) is 0. The van der Waals surface area contributed by atoms with Crippen LogP contribution in [0.5, 0.6) is 0 Å². The molecule has 0 N–H and O–H groups in total. The molecule has 1 saturated heterocycles. The van der Waals surface area contributed by atoms with Gasteiger partial charge in [0.25, 0.3) is 0 Å². The van der Waals surface area contributed by atoms with Crippen molar-refractivity contribution < 1.29 is 4.79 Å². The summed E-state index contributed by atoms with van der Waals surface area (Å²) in [6.07, 6.45) is 8.50. The largest absolute Gasteiger partial charge is 0.334 e. The number of aryl methyl sites for hydroxylation is 3. The molecule has 0 bridgehead atoms. The molecular weight excluding hydrogens is 290 g/mol. The van der Waals surface area contributed by atoms with Crippen molar-refractivity contribution in [2.24, 2.45) is 0 Å². The van der Waals surface area contributed by atoms with E-state index < -0.39 is 0 Å². The molecular formula is C17H23N5O. The molecule has 1 aliphatic heterocycles. The van der Waals surface area contributed by atoms with Crippen molar-refractivity contribution in [3.8, 4) is 0 Å². The lowest BCUT2D eigenvalue weighted by Gasteiger charge is -2.24. The van der Waals surface area contributed by atoms with E-state index in [1.165, 1.54) is 0 Å². The molecule has 1 fully saturated rings. The second-order valence-corrected chi connectivity index (χ2v) is 6.13. The van der Waals surface area contributed by atoms with Gasteiger partial charge in [-0.1, -0.05) is 0 Å². The third-order valence-electron chi connectivity index (χ3n) is 4.36. The highest BCUT2D eigenvalue weighted by Gasteiger charge is 2.30. The lowest BCUT2D eigenvalue weighted by molar-refractivity contribution is -0.132.